The van der Waals surface area contributed by atoms with E-state index < -0.39 is 0 Å². The lowest BCUT2D eigenvalue weighted by Gasteiger charge is -2.31. The van der Waals surface area contributed by atoms with Gasteiger partial charge in [-0.2, -0.15) is 0 Å². The quantitative estimate of drug-likeness (QED) is 0.137. The molecule has 3 rings (SSSR count). The summed E-state index contributed by atoms with van der Waals surface area (Å²) in [7, 11) is 2.04. The third kappa shape index (κ3) is 12.5. The van der Waals surface area contributed by atoms with Gasteiger partial charge in [-0.1, -0.05) is 101 Å². The SMILES string of the molecule is C=C(/C=C\C(=C)NC(=C)C(C)(CC)CC)Cc1ccc(NC(=O)C/C=C\C(=C/C)N(C)/C=C(/CN2CCC(O)CC2)c2ccccc2)cc1C. The minimum atomic E-state index is -0.193. The van der Waals surface area contributed by atoms with E-state index in [1.807, 2.05) is 62.6 Å². The first kappa shape index (κ1) is 40.0. The third-order valence-electron chi connectivity index (χ3n) is 9.90. The number of carbonyl (C=O) groups is 1. The molecule has 0 radical (unpaired) electrons. The molecule has 1 saturated heterocycles. The van der Waals surface area contributed by atoms with Gasteiger partial charge in [0.05, 0.1) is 6.10 Å². The summed E-state index contributed by atoms with van der Waals surface area (Å²) in [5.74, 6) is -0.0681. The molecule has 0 atom stereocenters. The van der Waals surface area contributed by atoms with Gasteiger partial charge in [0.1, 0.15) is 0 Å². The van der Waals surface area contributed by atoms with Crippen LogP contribution in [0.4, 0.5) is 5.69 Å². The van der Waals surface area contributed by atoms with Gasteiger partial charge in [0, 0.05) is 67.5 Å². The van der Waals surface area contributed by atoms with Crippen LogP contribution < -0.4 is 10.6 Å². The highest BCUT2D eigenvalue weighted by molar-refractivity contribution is 5.91. The van der Waals surface area contributed by atoms with Crippen LogP contribution in [0.25, 0.3) is 5.57 Å². The number of aryl methyl sites for hydroxylation is 1. The number of benzene rings is 2. The van der Waals surface area contributed by atoms with Crippen molar-refractivity contribution in [2.75, 3.05) is 32.0 Å². The molecule has 1 fully saturated rings. The maximum Gasteiger partial charge on any atom is 0.228 e. The first-order valence-corrected chi connectivity index (χ1v) is 18.0. The largest absolute Gasteiger partial charge is 0.393 e. The average Bonchev–Trinajstić information content (AvgIpc) is 3.11. The topological polar surface area (TPSA) is 67.8 Å². The average molecular weight is 677 g/mol. The van der Waals surface area contributed by atoms with Gasteiger partial charge in [0.2, 0.25) is 5.91 Å². The lowest BCUT2D eigenvalue weighted by molar-refractivity contribution is -0.115. The third-order valence-corrected chi connectivity index (χ3v) is 9.90. The van der Waals surface area contributed by atoms with Crippen LogP contribution in [0.1, 0.15) is 76.5 Å². The van der Waals surface area contributed by atoms with Crippen LogP contribution in [0.15, 0.2) is 128 Å². The number of aliphatic hydroxyl groups excluding tert-OH is 1. The second-order valence-corrected chi connectivity index (χ2v) is 13.7. The van der Waals surface area contributed by atoms with Gasteiger partial charge in [-0.3, -0.25) is 9.69 Å². The van der Waals surface area contributed by atoms with Crippen LogP contribution in [0, 0.1) is 12.3 Å². The van der Waals surface area contributed by atoms with E-state index >= 15 is 0 Å². The highest BCUT2D eigenvalue weighted by Gasteiger charge is 2.23. The van der Waals surface area contributed by atoms with E-state index in [1.165, 1.54) is 11.1 Å². The normalized spacial score (nSPS) is 15.0. The van der Waals surface area contributed by atoms with Crippen LogP contribution in [-0.2, 0) is 11.2 Å². The van der Waals surface area contributed by atoms with Crippen molar-refractivity contribution < 1.29 is 9.90 Å². The molecular weight excluding hydrogens is 617 g/mol. The number of hydrogen-bond donors (Lipinski definition) is 3. The molecule has 1 heterocycles. The number of rotatable bonds is 18. The lowest BCUT2D eigenvalue weighted by Crippen LogP contribution is -2.37. The number of piperidine rings is 1. The Morgan fingerprint density at radius 3 is 2.34 bits per heavy atom. The Morgan fingerprint density at radius 1 is 1.04 bits per heavy atom. The Morgan fingerprint density at radius 2 is 1.72 bits per heavy atom. The van der Waals surface area contributed by atoms with Crippen molar-refractivity contribution in [2.45, 2.75) is 79.2 Å². The van der Waals surface area contributed by atoms with Crippen molar-refractivity contribution in [3.8, 4) is 0 Å². The molecule has 1 aliphatic heterocycles. The monoisotopic (exact) mass is 676 g/mol. The Balaban J connectivity index is 1.55. The molecule has 3 N–H and O–H groups in total. The summed E-state index contributed by atoms with van der Waals surface area (Å²) in [5.41, 5.74) is 9.21. The first-order chi connectivity index (χ1) is 23.9. The van der Waals surface area contributed by atoms with Gasteiger partial charge >= 0.3 is 0 Å². The number of amides is 1. The fourth-order valence-corrected chi connectivity index (χ4v) is 5.96. The van der Waals surface area contributed by atoms with E-state index in [1.54, 1.807) is 0 Å². The molecule has 1 amide bonds. The number of likely N-dealkylation sites (N-methyl/N-ethyl adjacent to an activating group) is 1. The summed E-state index contributed by atoms with van der Waals surface area (Å²) in [6, 6.07) is 16.5. The highest BCUT2D eigenvalue weighted by atomic mass is 16.3. The first-order valence-electron chi connectivity index (χ1n) is 18.0. The van der Waals surface area contributed by atoms with Crippen LogP contribution in [-0.4, -0.2) is 53.6 Å². The van der Waals surface area contributed by atoms with E-state index in [9.17, 15) is 9.90 Å². The second-order valence-electron chi connectivity index (χ2n) is 13.7. The fourth-order valence-electron chi connectivity index (χ4n) is 5.96. The van der Waals surface area contributed by atoms with Gasteiger partial charge in [-0.25, -0.2) is 0 Å². The number of carbonyl (C=O) groups excluding carboxylic acids is 1. The second kappa shape index (κ2) is 19.7. The van der Waals surface area contributed by atoms with Crippen molar-refractivity contribution in [3.05, 3.63) is 144 Å². The summed E-state index contributed by atoms with van der Waals surface area (Å²) in [5, 5.41) is 16.4. The molecule has 1 aliphatic rings. The minimum Gasteiger partial charge on any atom is -0.393 e. The minimum absolute atomic E-state index is 0.0369. The van der Waals surface area contributed by atoms with Crippen molar-refractivity contribution in [1.29, 1.82) is 0 Å². The number of aliphatic hydroxyl groups is 1. The molecule has 6 heteroatoms. The van der Waals surface area contributed by atoms with E-state index in [2.05, 4.69) is 104 Å². The summed E-state index contributed by atoms with van der Waals surface area (Å²) in [4.78, 5) is 17.4. The zero-order valence-corrected chi connectivity index (χ0v) is 31.4. The Hall–Kier alpha value is -4.39. The number of allylic oxidation sites excluding steroid dienone is 6. The van der Waals surface area contributed by atoms with Crippen LogP contribution >= 0.6 is 0 Å². The maximum atomic E-state index is 12.9. The molecule has 0 bridgehead atoms. The number of hydrogen-bond acceptors (Lipinski definition) is 5. The highest BCUT2D eigenvalue weighted by Crippen LogP contribution is 2.32. The molecule has 268 valence electrons. The zero-order valence-electron chi connectivity index (χ0n) is 31.4. The van der Waals surface area contributed by atoms with E-state index in [4.69, 9.17) is 0 Å². The molecule has 0 saturated carbocycles. The number of anilines is 1. The molecule has 0 spiro atoms. The van der Waals surface area contributed by atoms with Gasteiger partial charge in [0.15, 0.2) is 0 Å². The van der Waals surface area contributed by atoms with E-state index in [0.29, 0.717) is 6.42 Å². The predicted molar refractivity (Wildman–Crippen MR) is 213 cm³/mol. The summed E-state index contributed by atoms with van der Waals surface area (Å²) < 4.78 is 0. The van der Waals surface area contributed by atoms with Crippen molar-refractivity contribution in [2.24, 2.45) is 5.41 Å². The zero-order chi connectivity index (χ0) is 36.7. The van der Waals surface area contributed by atoms with Crippen LogP contribution in [0.5, 0.6) is 0 Å². The standard InChI is InChI=1S/C44H60N4O2/c1-10-41(47(9)31-39(37-17-14-13-15-18-37)32-48-27-25-42(49)26-28-48)19-16-20-43(50)46-40-24-23-38(34(5)30-40)29-33(4)21-22-35(6)45-36(7)44(8,11-2)12-3/h10,13-19,21-24,30-31,42,45,49H,4,6-7,11-12,20,25-29,32H2,1-3,5,8-9H3,(H,46,50)/b19-16-,22-21-,39-31-,41-10+. The molecule has 6 nitrogen and oxygen atoms in total. The molecule has 2 aromatic rings. The van der Waals surface area contributed by atoms with Crippen molar-refractivity contribution in [1.82, 2.24) is 15.1 Å². The number of likely N-dealkylation sites (tertiary alicyclic amines) is 1. The van der Waals surface area contributed by atoms with Gasteiger partial charge < -0.3 is 20.6 Å². The van der Waals surface area contributed by atoms with Gasteiger partial charge in [-0.15, -0.1) is 0 Å². The summed E-state index contributed by atoms with van der Waals surface area (Å²) in [6.07, 6.45) is 16.5. The van der Waals surface area contributed by atoms with Crippen LogP contribution in [0.3, 0.4) is 0 Å². The fraction of sp³-hybridized carbons (Fsp3) is 0.386. The van der Waals surface area contributed by atoms with Crippen molar-refractivity contribution >= 4 is 17.2 Å². The van der Waals surface area contributed by atoms with E-state index in [-0.39, 0.29) is 23.8 Å². The smallest absolute Gasteiger partial charge is 0.228 e. The Labute approximate surface area is 302 Å². The molecule has 0 unspecified atom stereocenters. The molecule has 0 aromatic heterocycles. The number of nitrogens with one attached hydrogen (secondary N) is 2. The molecule has 0 aliphatic carbocycles. The predicted octanol–water partition coefficient (Wildman–Crippen LogP) is 9.31. The van der Waals surface area contributed by atoms with Crippen LogP contribution in [0.2, 0.25) is 0 Å². The maximum absolute atomic E-state index is 12.9. The Bertz CT molecular complexity index is 1580. The van der Waals surface area contributed by atoms with Crippen molar-refractivity contribution in [3.63, 3.8) is 0 Å². The summed E-state index contributed by atoms with van der Waals surface area (Å²) in [6.45, 7) is 25.9. The molecular formula is C44H60N4O2. The Kier molecular flexibility index (Phi) is 15.8. The van der Waals surface area contributed by atoms with Gasteiger partial charge in [-0.05, 0) is 92.5 Å². The van der Waals surface area contributed by atoms with E-state index in [0.717, 1.165) is 84.8 Å². The molecule has 2 aromatic carbocycles. The van der Waals surface area contributed by atoms with Gasteiger partial charge in [0.25, 0.3) is 0 Å². The molecule has 50 heavy (non-hydrogen) atoms. The lowest BCUT2D eigenvalue weighted by atomic mass is 9.82. The summed E-state index contributed by atoms with van der Waals surface area (Å²) >= 11 is 0. The number of nitrogens with zero attached hydrogens (tertiary/aromatic N) is 2.